The summed E-state index contributed by atoms with van der Waals surface area (Å²) >= 11 is 12.9. The second kappa shape index (κ2) is 8.24. The number of carbonyl (C=O) groups is 2. The number of hydrogen-bond donors (Lipinski definition) is 2. The summed E-state index contributed by atoms with van der Waals surface area (Å²) in [7, 11) is 1.43. The number of ether oxygens (including phenoxy) is 1. The summed E-state index contributed by atoms with van der Waals surface area (Å²) in [5.74, 6) is -0.396. The fourth-order valence-electron chi connectivity index (χ4n) is 1.37. The van der Waals surface area contributed by atoms with Crippen molar-refractivity contribution >= 4 is 46.8 Å². The van der Waals surface area contributed by atoms with E-state index in [1.807, 2.05) is 0 Å². The number of carboxylic acid groups (broad SMARTS) is 1. The quantitative estimate of drug-likeness (QED) is 0.748. The molecule has 8 heteroatoms. The third kappa shape index (κ3) is 5.11. The lowest BCUT2D eigenvalue weighted by Gasteiger charge is -2.10. The minimum Gasteiger partial charge on any atom is -0.496 e. The fraction of sp³-hybridized carbons (Fsp3) is 0.333. The molecule has 0 aliphatic carbocycles. The lowest BCUT2D eigenvalue weighted by Crippen LogP contribution is -2.26. The van der Waals surface area contributed by atoms with Crippen LogP contribution in [0.4, 0.5) is 0 Å². The first-order valence-corrected chi connectivity index (χ1v) is 7.47. The fourth-order valence-corrected chi connectivity index (χ4v) is 2.25. The van der Waals surface area contributed by atoms with Crippen LogP contribution in [0.3, 0.4) is 0 Å². The third-order valence-corrected chi connectivity index (χ3v) is 3.91. The Bertz CT molecular complexity index is 510. The van der Waals surface area contributed by atoms with Crippen LogP contribution >= 0.6 is 35.0 Å². The first-order chi connectivity index (χ1) is 9.45. The molecule has 1 aromatic rings. The van der Waals surface area contributed by atoms with Crippen molar-refractivity contribution in [2.45, 2.75) is 0 Å². The molecule has 0 radical (unpaired) electrons. The van der Waals surface area contributed by atoms with Crippen LogP contribution in [0, 0.1) is 0 Å². The van der Waals surface area contributed by atoms with E-state index in [1.54, 1.807) is 0 Å². The van der Waals surface area contributed by atoms with Crippen LogP contribution in [0.25, 0.3) is 0 Å². The predicted molar refractivity (Wildman–Crippen MR) is 80.3 cm³/mol. The Labute approximate surface area is 130 Å². The zero-order valence-electron chi connectivity index (χ0n) is 10.6. The van der Waals surface area contributed by atoms with E-state index in [0.717, 1.165) is 0 Å². The van der Waals surface area contributed by atoms with Gasteiger partial charge in [0.25, 0.3) is 5.91 Å². The van der Waals surface area contributed by atoms with Crippen molar-refractivity contribution in [2.24, 2.45) is 0 Å². The zero-order valence-corrected chi connectivity index (χ0v) is 12.9. The van der Waals surface area contributed by atoms with Gasteiger partial charge in [0.1, 0.15) is 5.75 Å². The van der Waals surface area contributed by atoms with Gasteiger partial charge in [0.2, 0.25) is 0 Å². The van der Waals surface area contributed by atoms with E-state index in [-0.39, 0.29) is 22.2 Å². The van der Waals surface area contributed by atoms with Crippen LogP contribution in [0.5, 0.6) is 5.75 Å². The number of nitrogens with one attached hydrogen (secondary N) is 1. The summed E-state index contributed by atoms with van der Waals surface area (Å²) in [5.41, 5.74) is 0.283. The topological polar surface area (TPSA) is 75.6 Å². The van der Waals surface area contributed by atoms with Gasteiger partial charge in [-0.3, -0.25) is 9.59 Å². The minimum atomic E-state index is -0.882. The maximum absolute atomic E-state index is 12.0. The molecule has 2 N–H and O–H groups in total. The van der Waals surface area contributed by atoms with Crippen molar-refractivity contribution in [2.75, 3.05) is 25.2 Å². The molecule has 0 aliphatic rings. The molecule has 0 unspecified atom stereocenters. The molecule has 0 bridgehead atoms. The summed E-state index contributed by atoms with van der Waals surface area (Å²) in [6, 6.07) is 2.90. The molecular formula is C12H13Cl2NO4S. The van der Waals surface area contributed by atoms with Gasteiger partial charge in [0.15, 0.2) is 0 Å². The van der Waals surface area contributed by atoms with E-state index in [4.69, 9.17) is 33.0 Å². The van der Waals surface area contributed by atoms with Crippen LogP contribution in [-0.2, 0) is 4.79 Å². The van der Waals surface area contributed by atoms with Gasteiger partial charge < -0.3 is 15.2 Å². The minimum absolute atomic E-state index is 0.00592. The van der Waals surface area contributed by atoms with Gasteiger partial charge in [-0.2, -0.15) is 0 Å². The highest BCUT2D eigenvalue weighted by Gasteiger charge is 2.14. The Hall–Kier alpha value is -1.11. The molecule has 110 valence electrons. The summed E-state index contributed by atoms with van der Waals surface area (Å²) in [6.45, 7) is 0.347. The highest BCUT2D eigenvalue weighted by Crippen LogP contribution is 2.30. The van der Waals surface area contributed by atoms with E-state index in [0.29, 0.717) is 23.1 Å². The Morgan fingerprint density at radius 3 is 2.60 bits per heavy atom. The van der Waals surface area contributed by atoms with Gasteiger partial charge in [-0.25, -0.2) is 0 Å². The second-order valence-electron chi connectivity index (χ2n) is 3.67. The Morgan fingerprint density at radius 1 is 1.35 bits per heavy atom. The standard InChI is InChI=1S/C12H13Cl2NO4S/c1-19-10-5-9(14)8(13)4-7(10)12(18)15-2-3-20-6-11(16)17/h4-5H,2-3,6H2,1H3,(H,15,18)(H,16,17). The van der Waals surface area contributed by atoms with Crippen molar-refractivity contribution in [1.29, 1.82) is 0 Å². The van der Waals surface area contributed by atoms with Crippen LogP contribution in [-0.4, -0.2) is 42.1 Å². The van der Waals surface area contributed by atoms with E-state index in [9.17, 15) is 9.59 Å². The molecule has 0 fully saturated rings. The summed E-state index contributed by atoms with van der Waals surface area (Å²) in [6.07, 6.45) is 0. The average molecular weight is 338 g/mol. The summed E-state index contributed by atoms with van der Waals surface area (Å²) in [5, 5.41) is 11.7. The molecule has 1 amide bonds. The molecule has 1 aromatic carbocycles. The lowest BCUT2D eigenvalue weighted by molar-refractivity contribution is -0.133. The Balaban J connectivity index is 2.59. The molecule has 0 spiro atoms. The van der Waals surface area contributed by atoms with Gasteiger partial charge in [0, 0.05) is 18.4 Å². The van der Waals surface area contributed by atoms with E-state index in [1.165, 1.54) is 31.0 Å². The lowest BCUT2D eigenvalue weighted by atomic mass is 10.2. The monoisotopic (exact) mass is 337 g/mol. The number of hydrogen-bond acceptors (Lipinski definition) is 4. The molecule has 20 heavy (non-hydrogen) atoms. The molecule has 0 atom stereocenters. The molecule has 0 aromatic heterocycles. The maximum atomic E-state index is 12.0. The van der Waals surface area contributed by atoms with Crippen molar-refractivity contribution in [1.82, 2.24) is 5.32 Å². The number of rotatable bonds is 7. The Kier molecular flexibility index (Phi) is 6.98. The van der Waals surface area contributed by atoms with E-state index in [2.05, 4.69) is 5.32 Å². The zero-order chi connectivity index (χ0) is 15.1. The van der Waals surface area contributed by atoms with Crippen molar-refractivity contribution in [3.63, 3.8) is 0 Å². The third-order valence-electron chi connectivity index (χ3n) is 2.24. The molecular weight excluding hydrogens is 325 g/mol. The highest BCUT2D eigenvalue weighted by atomic mass is 35.5. The van der Waals surface area contributed by atoms with Crippen molar-refractivity contribution < 1.29 is 19.4 Å². The number of aliphatic carboxylic acids is 1. The number of thioether (sulfide) groups is 1. The van der Waals surface area contributed by atoms with Crippen LogP contribution in [0.2, 0.25) is 10.0 Å². The first-order valence-electron chi connectivity index (χ1n) is 5.56. The first kappa shape index (κ1) is 16.9. The van der Waals surface area contributed by atoms with Crippen LogP contribution < -0.4 is 10.1 Å². The largest absolute Gasteiger partial charge is 0.496 e. The molecule has 0 heterocycles. The number of amides is 1. The molecule has 0 saturated carbocycles. The second-order valence-corrected chi connectivity index (χ2v) is 5.59. The smallest absolute Gasteiger partial charge is 0.313 e. The average Bonchev–Trinajstić information content (AvgIpc) is 2.40. The van der Waals surface area contributed by atoms with Crippen LogP contribution in [0.15, 0.2) is 12.1 Å². The summed E-state index contributed by atoms with van der Waals surface area (Å²) in [4.78, 5) is 22.3. The van der Waals surface area contributed by atoms with Crippen LogP contribution in [0.1, 0.15) is 10.4 Å². The van der Waals surface area contributed by atoms with Gasteiger partial charge >= 0.3 is 5.97 Å². The Morgan fingerprint density at radius 2 is 2.00 bits per heavy atom. The molecule has 0 saturated heterocycles. The molecule has 0 aliphatic heterocycles. The number of carbonyl (C=O) groups excluding carboxylic acids is 1. The molecule has 5 nitrogen and oxygen atoms in total. The van der Waals surface area contributed by atoms with Gasteiger partial charge in [0.05, 0.1) is 28.5 Å². The van der Waals surface area contributed by atoms with Gasteiger partial charge in [-0.05, 0) is 6.07 Å². The maximum Gasteiger partial charge on any atom is 0.313 e. The number of halogens is 2. The number of methoxy groups -OCH3 is 1. The van der Waals surface area contributed by atoms with Gasteiger partial charge in [-0.1, -0.05) is 23.2 Å². The van der Waals surface area contributed by atoms with Crippen molar-refractivity contribution in [3.05, 3.63) is 27.7 Å². The highest BCUT2D eigenvalue weighted by molar-refractivity contribution is 7.99. The SMILES string of the molecule is COc1cc(Cl)c(Cl)cc1C(=O)NCCSCC(=O)O. The normalized spacial score (nSPS) is 10.2. The van der Waals surface area contributed by atoms with Gasteiger partial charge in [-0.15, -0.1) is 11.8 Å². The van der Waals surface area contributed by atoms with E-state index >= 15 is 0 Å². The predicted octanol–water partition coefficient (Wildman–Crippen LogP) is 2.55. The molecule has 1 rings (SSSR count). The summed E-state index contributed by atoms with van der Waals surface area (Å²) < 4.78 is 5.07. The van der Waals surface area contributed by atoms with Crippen molar-refractivity contribution in [3.8, 4) is 5.75 Å². The van der Waals surface area contributed by atoms with E-state index < -0.39 is 5.97 Å². The number of carboxylic acids is 1. The number of benzene rings is 1.